The molecule has 0 unspecified atom stereocenters. The van der Waals surface area contributed by atoms with Crippen LogP contribution in [0.4, 0.5) is 0 Å². The van der Waals surface area contributed by atoms with E-state index in [2.05, 4.69) is 5.32 Å². The van der Waals surface area contributed by atoms with E-state index in [9.17, 15) is 9.59 Å². The van der Waals surface area contributed by atoms with Gasteiger partial charge in [-0.3, -0.25) is 4.79 Å². The quantitative estimate of drug-likeness (QED) is 0.773. The van der Waals surface area contributed by atoms with Gasteiger partial charge in [0.05, 0.1) is 13.2 Å². The summed E-state index contributed by atoms with van der Waals surface area (Å²) in [5.41, 5.74) is 0. The molecular formula is C16H17NO6. The average Bonchev–Trinajstić information content (AvgIpc) is 3.02. The Morgan fingerprint density at radius 3 is 2.30 bits per heavy atom. The maximum absolute atomic E-state index is 11.7. The highest BCUT2D eigenvalue weighted by Gasteiger charge is 2.10. The number of hydrogen-bond donors (Lipinski definition) is 2. The van der Waals surface area contributed by atoms with E-state index in [1.807, 2.05) is 6.92 Å². The van der Waals surface area contributed by atoms with Crippen molar-refractivity contribution in [2.45, 2.75) is 13.5 Å². The number of carbonyl (C=O) groups excluding carboxylic acids is 1. The number of carboxylic acids is 1. The number of aromatic carboxylic acids is 1. The lowest BCUT2D eigenvalue weighted by atomic mass is 10.3. The average molecular weight is 319 g/mol. The number of hydrogen-bond acceptors (Lipinski definition) is 5. The number of benzene rings is 1. The Bertz CT molecular complexity index is 661. The van der Waals surface area contributed by atoms with Crippen LogP contribution in [0, 0.1) is 0 Å². The smallest absolute Gasteiger partial charge is 0.371 e. The standard InChI is InChI=1S/C16H17NO6/c1-2-21-11-3-5-12(6-4-11)22-10-15(18)17-9-13-7-8-14(23-13)16(19)20/h3-8H,2,9-10H2,1H3,(H,17,18)(H,19,20). The van der Waals surface area contributed by atoms with Gasteiger partial charge in [0.25, 0.3) is 5.91 Å². The van der Waals surface area contributed by atoms with Crippen molar-refractivity contribution in [3.63, 3.8) is 0 Å². The van der Waals surface area contributed by atoms with Crippen LogP contribution < -0.4 is 14.8 Å². The molecule has 23 heavy (non-hydrogen) atoms. The van der Waals surface area contributed by atoms with Gasteiger partial charge >= 0.3 is 5.97 Å². The topological polar surface area (TPSA) is 98.0 Å². The molecule has 0 radical (unpaired) electrons. The molecule has 1 amide bonds. The Hall–Kier alpha value is -2.96. The molecule has 2 N–H and O–H groups in total. The van der Waals surface area contributed by atoms with E-state index in [1.165, 1.54) is 12.1 Å². The summed E-state index contributed by atoms with van der Waals surface area (Å²) in [4.78, 5) is 22.3. The fraction of sp³-hybridized carbons (Fsp3) is 0.250. The summed E-state index contributed by atoms with van der Waals surface area (Å²) in [6.07, 6.45) is 0. The van der Waals surface area contributed by atoms with Crippen molar-refractivity contribution < 1.29 is 28.6 Å². The lowest BCUT2D eigenvalue weighted by Gasteiger charge is -2.08. The lowest BCUT2D eigenvalue weighted by molar-refractivity contribution is -0.123. The van der Waals surface area contributed by atoms with E-state index in [1.54, 1.807) is 24.3 Å². The molecule has 0 bridgehead atoms. The predicted molar refractivity (Wildman–Crippen MR) is 80.6 cm³/mol. The lowest BCUT2D eigenvalue weighted by Crippen LogP contribution is -2.28. The summed E-state index contributed by atoms with van der Waals surface area (Å²) in [6, 6.07) is 9.77. The molecule has 0 aliphatic heterocycles. The van der Waals surface area contributed by atoms with Crippen LogP contribution in [0.2, 0.25) is 0 Å². The van der Waals surface area contributed by atoms with Gasteiger partial charge in [0.15, 0.2) is 6.61 Å². The van der Waals surface area contributed by atoms with Gasteiger partial charge in [-0.25, -0.2) is 4.79 Å². The molecule has 1 aromatic heterocycles. The van der Waals surface area contributed by atoms with Gasteiger partial charge in [-0.2, -0.15) is 0 Å². The van der Waals surface area contributed by atoms with Crippen LogP contribution >= 0.6 is 0 Å². The molecule has 7 heteroatoms. The largest absolute Gasteiger partial charge is 0.494 e. The summed E-state index contributed by atoms with van der Waals surface area (Å²) in [5, 5.41) is 11.3. The molecule has 122 valence electrons. The zero-order valence-corrected chi connectivity index (χ0v) is 12.6. The van der Waals surface area contributed by atoms with Gasteiger partial charge in [0.1, 0.15) is 17.3 Å². The number of ether oxygens (including phenoxy) is 2. The molecule has 2 rings (SSSR count). The first kappa shape index (κ1) is 16.4. The van der Waals surface area contributed by atoms with Gasteiger partial charge in [0, 0.05) is 0 Å². The SMILES string of the molecule is CCOc1ccc(OCC(=O)NCc2ccc(C(=O)O)o2)cc1. The van der Waals surface area contributed by atoms with Crippen LogP contribution in [0.15, 0.2) is 40.8 Å². The third kappa shape index (κ3) is 5.06. The molecule has 2 aromatic rings. The Morgan fingerprint density at radius 1 is 1.09 bits per heavy atom. The fourth-order valence-electron chi connectivity index (χ4n) is 1.77. The first-order chi connectivity index (χ1) is 11.1. The molecule has 1 heterocycles. The van der Waals surface area contributed by atoms with Gasteiger partial charge < -0.3 is 24.3 Å². The van der Waals surface area contributed by atoms with Crippen molar-refractivity contribution in [1.82, 2.24) is 5.32 Å². The number of amides is 1. The fourth-order valence-corrected chi connectivity index (χ4v) is 1.77. The van der Waals surface area contributed by atoms with Crippen molar-refractivity contribution >= 4 is 11.9 Å². The molecule has 0 fully saturated rings. The van der Waals surface area contributed by atoms with Crippen molar-refractivity contribution in [3.8, 4) is 11.5 Å². The zero-order valence-electron chi connectivity index (χ0n) is 12.6. The number of rotatable bonds is 8. The summed E-state index contributed by atoms with van der Waals surface area (Å²) in [5.74, 6) is -0.0172. The van der Waals surface area contributed by atoms with E-state index >= 15 is 0 Å². The first-order valence-corrected chi connectivity index (χ1v) is 7.03. The third-order valence-electron chi connectivity index (χ3n) is 2.84. The first-order valence-electron chi connectivity index (χ1n) is 7.03. The molecule has 1 aromatic carbocycles. The highest BCUT2D eigenvalue weighted by atomic mass is 16.5. The molecule has 0 atom stereocenters. The Balaban J connectivity index is 1.75. The van der Waals surface area contributed by atoms with Gasteiger partial charge in [-0.1, -0.05) is 0 Å². The normalized spacial score (nSPS) is 10.1. The zero-order chi connectivity index (χ0) is 16.7. The van der Waals surface area contributed by atoms with E-state index in [4.69, 9.17) is 19.0 Å². The Morgan fingerprint density at radius 2 is 1.74 bits per heavy atom. The second-order valence-corrected chi connectivity index (χ2v) is 4.54. The van der Waals surface area contributed by atoms with Gasteiger partial charge in [0.2, 0.25) is 5.76 Å². The van der Waals surface area contributed by atoms with Crippen molar-refractivity contribution in [2.24, 2.45) is 0 Å². The minimum atomic E-state index is -1.15. The van der Waals surface area contributed by atoms with Crippen LogP contribution in [0.5, 0.6) is 11.5 Å². The minimum Gasteiger partial charge on any atom is -0.494 e. The number of carbonyl (C=O) groups is 2. The van der Waals surface area contributed by atoms with Crippen LogP contribution in [0.1, 0.15) is 23.2 Å². The minimum absolute atomic E-state index is 0.0960. The molecular weight excluding hydrogens is 302 g/mol. The van der Waals surface area contributed by atoms with Crippen molar-refractivity contribution in [1.29, 1.82) is 0 Å². The second-order valence-electron chi connectivity index (χ2n) is 4.54. The third-order valence-corrected chi connectivity index (χ3v) is 2.84. The number of furan rings is 1. The Labute approximate surface area is 132 Å². The molecule has 7 nitrogen and oxygen atoms in total. The second kappa shape index (κ2) is 7.88. The summed E-state index contributed by atoms with van der Waals surface area (Å²) < 4.78 is 15.7. The van der Waals surface area contributed by atoms with Crippen molar-refractivity contribution in [2.75, 3.05) is 13.2 Å². The van der Waals surface area contributed by atoms with Crippen LogP contribution in [0.25, 0.3) is 0 Å². The van der Waals surface area contributed by atoms with E-state index in [0.29, 0.717) is 18.1 Å². The molecule has 0 saturated carbocycles. The molecule has 0 saturated heterocycles. The molecule has 0 spiro atoms. The van der Waals surface area contributed by atoms with Crippen LogP contribution in [-0.4, -0.2) is 30.2 Å². The van der Waals surface area contributed by atoms with Crippen LogP contribution in [-0.2, 0) is 11.3 Å². The van der Waals surface area contributed by atoms with E-state index < -0.39 is 5.97 Å². The van der Waals surface area contributed by atoms with E-state index in [0.717, 1.165) is 5.75 Å². The maximum Gasteiger partial charge on any atom is 0.371 e. The maximum atomic E-state index is 11.7. The van der Waals surface area contributed by atoms with Crippen LogP contribution in [0.3, 0.4) is 0 Å². The van der Waals surface area contributed by atoms with Gasteiger partial charge in [-0.05, 0) is 43.3 Å². The monoisotopic (exact) mass is 319 g/mol. The molecule has 0 aliphatic carbocycles. The highest BCUT2D eigenvalue weighted by Crippen LogP contribution is 2.17. The molecule has 0 aliphatic rings. The number of nitrogens with one attached hydrogen (secondary N) is 1. The highest BCUT2D eigenvalue weighted by molar-refractivity contribution is 5.84. The summed E-state index contributed by atoms with van der Waals surface area (Å²) >= 11 is 0. The predicted octanol–water partition coefficient (Wildman–Crippen LogP) is 2.07. The van der Waals surface area contributed by atoms with E-state index in [-0.39, 0.29) is 24.8 Å². The summed E-state index contributed by atoms with van der Waals surface area (Å²) in [7, 11) is 0. The van der Waals surface area contributed by atoms with Gasteiger partial charge in [-0.15, -0.1) is 0 Å². The summed E-state index contributed by atoms with van der Waals surface area (Å²) in [6.45, 7) is 2.42. The van der Waals surface area contributed by atoms with Crippen molar-refractivity contribution in [3.05, 3.63) is 47.9 Å². The Kier molecular flexibility index (Phi) is 5.62. The number of carboxylic acid groups (broad SMARTS) is 1.